The van der Waals surface area contributed by atoms with Gasteiger partial charge in [-0.3, -0.25) is 4.79 Å². The van der Waals surface area contributed by atoms with Gasteiger partial charge in [0.15, 0.2) is 0 Å². The summed E-state index contributed by atoms with van der Waals surface area (Å²) < 4.78 is 5.09. The number of aldehydes is 1. The molecule has 0 atom stereocenters. The van der Waals surface area contributed by atoms with E-state index in [1.165, 1.54) is 0 Å². The number of nitrogens with zero attached hydrogens (tertiary/aromatic N) is 2. The van der Waals surface area contributed by atoms with Crippen molar-refractivity contribution in [3.05, 3.63) is 35.7 Å². The van der Waals surface area contributed by atoms with E-state index in [2.05, 4.69) is 10.1 Å². The molecule has 0 unspecified atom stereocenters. The fourth-order valence-corrected chi connectivity index (χ4v) is 1.44. The predicted molar refractivity (Wildman–Crippen MR) is 62.5 cm³/mol. The average Bonchev–Trinajstić information content (AvgIpc) is 2.85. The van der Waals surface area contributed by atoms with Gasteiger partial charge in [0.05, 0.1) is 0 Å². The van der Waals surface area contributed by atoms with Crippen molar-refractivity contribution in [3.63, 3.8) is 0 Å². The van der Waals surface area contributed by atoms with Crippen molar-refractivity contribution in [3.8, 4) is 11.4 Å². The Hall–Kier alpha value is -2.01. The van der Waals surface area contributed by atoms with E-state index in [1.54, 1.807) is 24.3 Å². The lowest BCUT2D eigenvalue weighted by Gasteiger charge is -1.93. The molecule has 0 aliphatic carbocycles. The quantitative estimate of drug-likeness (QED) is 0.787. The van der Waals surface area contributed by atoms with Gasteiger partial charge < -0.3 is 10.3 Å². The fraction of sp³-hybridized carbons (Fsp3) is 0.250. The second-order valence-electron chi connectivity index (χ2n) is 3.64. The first-order valence-corrected chi connectivity index (χ1v) is 5.42. The van der Waals surface area contributed by atoms with E-state index < -0.39 is 0 Å². The lowest BCUT2D eigenvalue weighted by molar-refractivity contribution is 0.112. The van der Waals surface area contributed by atoms with Crippen LogP contribution in [0, 0.1) is 0 Å². The summed E-state index contributed by atoms with van der Waals surface area (Å²) in [6.07, 6.45) is 2.31. The SMILES string of the molecule is NCCCc1nc(-c2ccc(C=O)cc2)no1. The van der Waals surface area contributed by atoms with Gasteiger partial charge in [-0.1, -0.05) is 29.4 Å². The van der Waals surface area contributed by atoms with Crippen molar-refractivity contribution >= 4 is 6.29 Å². The van der Waals surface area contributed by atoms with Crippen molar-refractivity contribution in [2.45, 2.75) is 12.8 Å². The molecule has 17 heavy (non-hydrogen) atoms. The zero-order chi connectivity index (χ0) is 12.1. The standard InChI is InChI=1S/C12H13N3O2/c13-7-1-2-11-14-12(15-17-11)10-5-3-9(8-16)4-6-10/h3-6,8H,1-2,7,13H2. The maximum absolute atomic E-state index is 10.5. The Morgan fingerprint density at radius 1 is 1.29 bits per heavy atom. The van der Waals surface area contributed by atoms with Crippen LogP contribution in [0.4, 0.5) is 0 Å². The molecule has 2 N–H and O–H groups in total. The van der Waals surface area contributed by atoms with E-state index in [0.717, 1.165) is 18.3 Å². The zero-order valence-corrected chi connectivity index (χ0v) is 9.30. The largest absolute Gasteiger partial charge is 0.339 e. The van der Waals surface area contributed by atoms with Crippen molar-refractivity contribution < 1.29 is 9.32 Å². The molecule has 5 heteroatoms. The number of hydrogen-bond acceptors (Lipinski definition) is 5. The Morgan fingerprint density at radius 2 is 2.06 bits per heavy atom. The summed E-state index contributed by atoms with van der Waals surface area (Å²) in [7, 11) is 0. The molecule has 0 bridgehead atoms. The molecular weight excluding hydrogens is 218 g/mol. The molecule has 1 aromatic carbocycles. The number of carbonyl (C=O) groups excluding carboxylic acids is 1. The van der Waals surface area contributed by atoms with Gasteiger partial charge in [-0.25, -0.2) is 0 Å². The molecule has 0 amide bonds. The third-order valence-corrected chi connectivity index (χ3v) is 2.37. The normalized spacial score (nSPS) is 10.4. The first-order chi connectivity index (χ1) is 8.33. The Bertz CT molecular complexity index is 491. The molecule has 0 spiro atoms. The molecule has 0 aliphatic rings. The van der Waals surface area contributed by atoms with Crippen LogP contribution in [0.2, 0.25) is 0 Å². The van der Waals surface area contributed by atoms with Crippen LogP contribution in [0.5, 0.6) is 0 Å². The first kappa shape index (κ1) is 11.5. The van der Waals surface area contributed by atoms with E-state index >= 15 is 0 Å². The predicted octanol–water partition coefficient (Wildman–Crippen LogP) is 1.44. The topological polar surface area (TPSA) is 82.0 Å². The Kier molecular flexibility index (Phi) is 3.62. The molecule has 2 rings (SSSR count). The van der Waals surface area contributed by atoms with Gasteiger partial charge in [0.1, 0.15) is 6.29 Å². The highest BCUT2D eigenvalue weighted by Gasteiger charge is 2.07. The number of carbonyl (C=O) groups is 1. The Labute approximate surface area is 98.6 Å². The monoisotopic (exact) mass is 231 g/mol. The third-order valence-electron chi connectivity index (χ3n) is 2.37. The van der Waals surface area contributed by atoms with Crippen molar-refractivity contribution in [2.75, 3.05) is 6.54 Å². The minimum atomic E-state index is 0.537. The highest BCUT2D eigenvalue weighted by molar-refractivity contribution is 5.76. The summed E-state index contributed by atoms with van der Waals surface area (Å²) >= 11 is 0. The van der Waals surface area contributed by atoms with Crippen molar-refractivity contribution in [2.24, 2.45) is 5.73 Å². The van der Waals surface area contributed by atoms with Gasteiger partial charge in [-0.15, -0.1) is 0 Å². The fourth-order valence-electron chi connectivity index (χ4n) is 1.44. The molecule has 88 valence electrons. The molecule has 0 saturated carbocycles. The highest BCUT2D eigenvalue weighted by atomic mass is 16.5. The molecule has 0 saturated heterocycles. The summed E-state index contributed by atoms with van der Waals surface area (Å²) in [6.45, 7) is 0.603. The van der Waals surface area contributed by atoms with E-state index in [-0.39, 0.29) is 0 Å². The van der Waals surface area contributed by atoms with Crippen LogP contribution in [-0.4, -0.2) is 23.0 Å². The lowest BCUT2D eigenvalue weighted by atomic mass is 10.1. The van der Waals surface area contributed by atoms with Gasteiger partial charge in [-0.2, -0.15) is 4.98 Å². The van der Waals surface area contributed by atoms with Gasteiger partial charge in [0.2, 0.25) is 11.7 Å². The smallest absolute Gasteiger partial charge is 0.227 e. The Morgan fingerprint density at radius 3 is 2.71 bits per heavy atom. The summed E-state index contributed by atoms with van der Waals surface area (Å²) in [5, 5.41) is 3.88. The van der Waals surface area contributed by atoms with Crippen LogP contribution >= 0.6 is 0 Å². The van der Waals surface area contributed by atoms with Crippen LogP contribution in [0.15, 0.2) is 28.8 Å². The summed E-state index contributed by atoms with van der Waals surface area (Å²) in [5.74, 6) is 1.12. The number of rotatable bonds is 5. The van der Waals surface area contributed by atoms with Crippen molar-refractivity contribution in [1.29, 1.82) is 0 Å². The van der Waals surface area contributed by atoms with E-state index in [1.807, 2.05) is 0 Å². The number of hydrogen-bond donors (Lipinski definition) is 1. The molecule has 5 nitrogen and oxygen atoms in total. The third kappa shape index (κ3) is 2.76. The number of benzene rings is 1. The average molecular weight is 231 g/mol. The van der Waals surface area contributed by atoms with Crippen LogP contribution in [0.25, 0.3) is 11.4 Å². The van der Waals surface area contributed by atoms with Crippen molar-refractivity contribution in [1.82, 2.24) is 10.1 Å². The molecular formula is C12H13N3O2. The minimum absolute atomic E-state index is 0.537. The highest BCUT2D eigenvalue weighted by Crippen LogP contribution is 2.16. The summed E-state index contributed by atoms with van der Waals surface area (Å²) in [6, 6.07) is 7.03. The Balaban J connectivity index is 2.15. The maximum atomic E-state index is 10.5. The number of aryl methyl sites for hydroxylation is 1. The van der Waals surface area contributed by atoms with Crippen LogP contribution < -0.4 is 5.73 Å². The molecule has 2 aromatic rings. The summed E-state index contributed by atoms with van der Waals surface area (Å²) in [4.78, 5) is 14.8. The van der Waals surface area contributed by atoms with E-state index in [4.69, 9.17) is 10.3 Å². The zero-order valence-electron chi connectivity index (χ0n) is 9.30. The van der Waals surface area contributed by atoms with Gasteiger partial charge in [0.25, 0.3) is 0 Å². The van der Waals surface area contributed by atoms with E-state index in [0.29, 0.717) is 30.2 Å². The first-order valence-electron chi connectivity index (χ1n) is 5.42. The number of aromatic nitrogens is 2. The van der Waals surface area contributed by atoms with Crippen LogP contribution in [-0.2, 0) is 6.42 Å². The molecule has 1 heterocycles. The molecule has 0 aliphatic heterocycles. The van der Waals surface area contributed by atoms with Gasteiger partial charge >= 0.3 is 0 Å². The molecule has 0 fully saturated rings. The lowest BCUT2D eigenvalue weighted by Crippen LogP contribution is -2.00. The van der Waals surface area contributed by atoms with E-state index in [9.17, 15) is 4.79 Å². The molecule has 1 aromatic heterocycles. The van der Waals surface area contributed by atoms with Crippen LogP contribution in [0.1, 0.15) is 22.7 Å². The second kappa shape index (κ2) is 5.36. The minimum Gasteiger partial charge on any atom is -0.339 e. The van der Waals surface area contributed by atoms with Crippen LogP contribution in [0.3, 0.4) is 0 Å². The molecule has 0 radical (unpaired) electrons. The van der Waals surface area contributed by atoms with Gasteiger partial charge in [-0.05, 0) is 13.0 Å². The second-order valence-corrected chi connectivity index (χ2v) is 3.64. The summed E-state index contributed by atoms with van der Waals surface area (Å²) in [5.41, 5.74) is 6.86. The maximum Gasteiger partial charge on any atom is 0.227 e. The van der Waals surface area contributed by atoms with Gasteiger partial charge in [0, 0.05) is 17.5 Å². The number of nitrogens with two attached hydrogens (primary N) is 1.